The first kappa shape index (κ1) is 20.7. The van der Waals surface area contributed by atoms with Crippen LogP contribution in [0.1, 0.15) is 35.4 Å². The van der Waals surface area contributed by atoms with Crippen molar-refractivity contribution in [2.24, 2.45) is 5.73 Å². The lowest BCUT2D eigenvalue weighted by Crippen LogP contribution is -2.39. The molecule has 0 radical (unpaired) electrons. The number of carbonyl (C=O) groups excluding carboxylic acids is 1. The molecular weight excluding hydrogens is 389 g/mol. The quantitative estimate of drug-likeness (QED) is 0.827. The first-order chi connectivity index (χ1) is 12.8. The molecule has 4 rings (SSSR count). The fraction of sp³-hybridized carbons (Fsp3) is 0.381. The van der Waals surface area contributed by atoms with E-state index in [1.54, 1.807) is 11.0 Å². The minimum Gasteiger partial charge on any atom is -0.340 e. The molecule has 2 aromatic rings. The van der Waals surface area contributed by atoms with E-state index < -0.39 is 17.2 Å². The maximum atomic E-state index is 13.2. The molecule has 2 aromatic carbocycles. The van der Waals surface area contributed by atoms with Gasteiger partial charge in [-0.3, -0.25) is 4.79 Å². The predicted octanol–water partition coefficient (Wildman–Crippen LogP) is 4.11. The lowest BCUT2D eigenvalue weighted by atomic mass is 9.92. The van der Waals surface area contributed by atoms with E-state index in [0.717, 1.165) is 17.7 Å². The monoisotopic (exact) mass is 410 g/mol. The summed E-state index contributed by atoms with van der Waals surface area (Å²) in [6.45, 7) is 0.934. The van der Waals surface area contributed by atoms with Gasteiger partial charge in [0.1, 0.15) is 0 Å². The van der Waals surface area contributed by atoms with Gasteiger partial charge in [0.05, 0.1) is 11.0 Å². The maximum absolute atomic E-state index is 13.2. The molecule has 1 aliphatic carbocycles. The third-order valence-electron chi connectivity index (χ3n) is 5.78. The normalized spacial score (nSPS) is 23.2. The Bertz CT molecular complexity index is 852. The Morgan fingerprint density at radius 1 is 1.04 bits per heavy atom. The summed E-state index contributed by atoms with van der Waals surface area (Å²) in [6, 6.07) is 14.8. The highest BCUT2D eigenvalue weighted by molar-refractivity contribution is 5.91. The first-order valence-electron chi connectivity index (χ1n) is 9.09. The van der Waals surface area contributed by atoms with Crippen molar-refractivity contribution < 1.29 is 18.0 Å². The third-order valence-corrected chi connectivity index (χ3v) is 5.78. The molecule has 0 unspecified atom stereocenters. The van der Waals surface area contributed by atoms with Crippen molar-refractivity contribution in [1.82, 2.24) is 4.90 Å². The molecule has 1 saturated carbocycles. The van der Waals surface area contributed by atoms with E-state index in [1.807, 2.05) is 30.3 Å². The van der Waals surface area contributed by atoms with Crippen LogP contribution in [0.4, 0.5) is 13.2 Å². The molecule has 7 heteroatoms. The zero-order valence-corrected chi connectivity index (χ0v) is 16.0. The molecule has 3 nitrogen and oxygen atoms in total. The van der Waals surface area contributed by atoms with E-state index in [-0.39, 0.29) is 30.3 Å². The van der Waals surface area contributed by atoms with Crippen molar-refractivity contribution in [2.45, 2.75) is 36.4 Å². The van der Waals surface area contributed by atoms with Crippen LogP contribution in [-0.2, 0) is 16.4 Å². The van der Waals surface area contributed by atoms with Gasteiger partial charge in [0.25, 0.3) is 0 Å². The molecule has 2 atom stereocenters. The van der Waals surface area contributed by atoms with Gasteiger partial charge < -0.3 is 10.6 Å². The second kappa shape index (κ2) is 7.41. The van der Waals surface area contributed by atoms with Gasteiger partial charge in [0.15, 0.2) is 0 Å². The Balaban J connectivity index is 0.00000225. The summed E-state index contributed by atoms with van der Waals surface area (Å²) in [7, 11) is 0. The molecule has 1 heterocycles. The summed E-state index contributed by atoms with van der Waals surface area (Å²) < 4.78 is 39.2. The van der Waals surface area contributed by atoms with Gasteiger partial charge in [-0.05, 0) is 30.0 Å². The molecule has 2 fully saturated rings. The standard InChI is InChI=1S/C21H21F3N2O.ClH/c22-21(23,24)16-8-4-7-15(11-16)20(9-10-20)19(27)26-12-17(18(25)13-26)14-5-2-1-3-6-14;/h1-8,11,17-18H,9-10,12-13,25H2;1H/t17-,18+;/m0./s1. The molecule has 2 N–H and O–H groups in total. The van der Waals surface area contributed by atoms with Crippen LogP contribution in [0.5, 0.6) is 0 Å². The number of halogens is 4. The second-order valence-electron chi connectivity index (χ2n) is 7.55. The number of carbonyl (C=O) groups is 1. The highest BCUT2D eigenvalue weighted by atomic mass is 35.5. The van der Waals surface area contributed by atoms with Crippen molar-refractivity contribution in [3.05, 3.63) is 71.3 Å². The molecule has 1 saturated heterocycles. The number of rotatable bonds is 3. The fourth-order valence-corrected chi connectivity index (χ4v) is 4.09. The molecule has 0 spiro atoms. The van der Waals surface area contributed by atoms with E-state index >= 15 is 0 Å². The summed E-state index contributed by atoms with van der Waals surface area (Å²) in [5, 5.41) is 0. The molecule has 2 aliphatic rings. The van der Waals surface area contributed by atoms with Crippen molar-refractivity contribution >= 4 is 18.3 Å². The average Bonchev–Trinajstić information content (AvgIpc) is 3.38. The molecule has 28 heavy (non-hydrogen) atoms. The predicted molar refractivity (Wildman–Crippen MR) is 103 cm³/mol. The molecule has 1 amide bonds. The van der Waals surface area contributed by atoms with Gasteiger partial charge in [-0.1, -0.05) is 48.5 Å². The smallest absolute Gasteiger partial charge is 0.340 e. The first-order valence-corrected chi connectivity index (χ1v) is 9.09. The Hall–Kier alpha value is -2.05. The van der Waals surface area contributed by atoms with E-state index in [4.69, 9.17) is 5.73 Å². The largest absolute Gasteiger partial charge is 0.416 e. The van der Waals surface area contributed by atoms with Gasteiger partial charge in [0, 0.05) is 25.0 Å². The zero-order valence-electron chi connectivity index (χ0n) is 15.2. The maximum Gasteiger partial charge on any atom is 0.416 e. The molecular formula is C21H22ClF3N2O. The lowest BCUT2D eigenvalue weighted by molar-refractivity contribution is -0.138. The van der Waals surface area contributed by atoms with E-state index in [2.05, 4.69) is 0 Å². The minimum atomic E-state index is -4.41. The second-order valence-corrected chi connectivity index (χ2v) is 7.55. The highest BCUT2D eigenvalue weighted by Crippen LogP contribution is 2.51. The SMILES string of the molecule is Cl.N[C@@H]1CN(C(=O)C2(c3cccc(C(F)(F)F)c3)CC2)C[C@H]1c1ccccc1. The van der Waals surface area contributed by atoms with E-state index in [0.29, 0.717) is 31.5 Å². The van der Waals surface area contributed by atoms with Crippen LogP contribution in [0, 0.1) is 0 Å². The Morgan fingerprint density at radius 3 is 2.32 bits per heavy atom. The third kappa shape index (κ3) is 3.63. The number of likely N-dealkylation sites (tertiary alicyclic amines) is 1. The molecule has 150 valence electrons. The van der Waals surface area contributed by atoms with Crippen molar-refractivity contribution in [2.75, 3.05) is 13.1 Å². The number of hydrogen-bond donors (Lipinski definition) is 1. The van der Waals surface area contributed by atoms with E-state index in [9.17, 15) is 18.0 Å². The average molecular weight is 411 g/mol. The van der Waals surface area contributed by atoms with Crippen molar-refractivity contribution in [3.63, 3.8) is 0 Å². The van der Waals surface area contributed by atoms with Gasteiger partial charge in [0.2, 0.25) is 5.91 Å². The lowest BCUT2D eigenvalue weighted by Gasteiger charge is -2.24. The number of amides is 1. The molecule has 1 aliphatic heterocycles. The number of benzene rings is 2. The van der Waals surface area contributed by atoms with Gasteiger partial charge in [-0.2, -0.15) is 13.2 Å². The molecule has 0 bridgehead atoms. The minimum absolute atomic E-state index is 0. The number of alkyl halides is 3. The zero-order chi connectivity index (χ0) is 19.2. The summed E-state index contributed by atoms with van der Waals surface area (Å²) >= 11 is 0. The van der Waals surface area contributed by atoms with Crippen LogP contribution < -0.4 is 5.73 Å². The van der Waals surface area contributed by atoms with Gasteiger partial charge in [-0.15, -0.1) is 12.4 Å². The van der Waals surface area contributed by atoms with Crippen LogP contribution in [0.25, 0.3) is 0 Å². The number of nitrogens with two attached hydrogens (primary N) is 1. The Kier molecular flexibility index (Phi) is 5.47. The fourth-order valence-electron chi connectivity index (χ4n) is 4.09. The summed E-state index contributed by atoms with van der Waals surface area (Å²) in [4.78, 5) is 14.9. The topological polar surface area (TPSA) is 46.3 Å². The van der Waals surface area contributed by atoms with Crippen molar-refractivity contribution in [1.29, 1.82) is 0 Å². The molecule has 0 aromatic heterocycles. The number of nitrogens with zero attached hydrogens (tertiary/aromatic N) is 1. The summed E-state index contributed by atoms with van der Waals surface area (Å²) in [5.41, 5.74) is 6.29. The van der Waals surface area contributed by atoms with Gasteiger partial charge >= 0.3 is 6.18 Å². The van der Waals surface area contributed by atoms with Crippen LogP contribution in [-0.4, -0.2) is 29.9 Å². The summed E-state index contributed by atoms with van der Waals surface area (Å²) in [6.07, 6.45) is -3.26. The Labute approximate surface area is 168 Å². The van der Waals surface area contributed by atoms with E-state index in [1.165, 1.54) is 6.07 Å². The summed E-state index contributed by atoms with van der Waals surface area (Å²) in [5.74, 6) is -0.0526. The van der Waals surface area contributed by atoms with Crippen LogP contribution in [0.15, 0.2) is 54.6 Å². The Morgan fingerprint density at radius 2 is 1.71 bits per heavy atom. The van der Waals surface area contributed by atoms with Crippen LogP contribution in [0.3, 0.4) is 0 Å². The van der Waals surface area contributed by atoms with Crippen LogP contribution >= 0.6 is 12.4 Å². The van der Waals surface area contributed by atoms with Crippen LogP contribution in [0.2, 0.25) is 0 Å². The van der Waals surface area contributed by atoms with Gasteiger partial charge in [-0.25, -0.2) is 0 Å². The highest BCUT2D eigenvalue weighted by Gasteiger charge is 2.54. The van der Waals surface area contributed by atoms with Crippen molar-refractivity contribution in [3.8, 4) is 0 Å². The number of hydrogen-bond acceptors (Lipinski definition) is 2.